The molecule has 0 heterocycles. The van der Waals surface area contributed by atoms with Crippen LogP contribution >= 0.6 is 0 Å². The van der Waals surface area contributed by atoms with E-state index in [9.17, 15) is 0 Å². The molecule has 0 aliphatic heterocycles. The van der Waals surface area contributed by atoms with Gasteiger partial charge in [-0.2, -0.15) is 0 Å². The highest BCUT2D eigenvalue weighted by Gasteiger charge is 2.13. The Morgan fingerprint density at radius 1 is 0.722 bits per heavy atom. The van der Waals surface area contributed by atoms with Gasteiger partial charge in [0.25, 0.3) is 0 Å². The van der Waals surface area contributed by atoms with E-state index in [0.29, 0.717) is 5.92 Å². The molecule has 4 aromatic carbocycles. The minimum Gasteiger partial charge on any atom is -0.356 e. The van der Waals surface area contributed by atoms with E-state index in [0.717, 1.165) is 24.2 Å². The number of rotatable bonds is 6. The van der Waals surface area contributed by atoms with Crippen LogP contribution in [0.15, 0.2) is 121 Å². The predicted molar refractivity (Wildman–Crippen MR) is 157 cm³/mol. The van der Waals surface area contributed by atoms with E-state index >= 15 is 0 Å². The van der Waals surface area contributed by atoms with Gasteiger partial charge in [-0.25, -0.2) is 0 Å². The Labute approximate surface area is 217 Å². The highest BCUT2D eigenvalue weighted by atomic mass is 14.9. The van der Waals surface area contributed by atoms with E-state index in [4.69, 9.17) is 0 Å². The molecule has 0 bridgehead atoms. The molecule has 1 heteroatoms. The van der Waals surface area contributed by atoms with Crippen LogP contribution < -0.4 is 5.32 Å². The van der Waals surface area contributed by atoms with Crippen LogP contribution in [0.2, 0.25) is 0 Å². The van der Waals surface area contributed by atoms with Gasteiger partial charge < -0.3 is 5.32 Å². The first-order valence-electron chi connectivity index (χ1n) is 13.2. The summed E-state index contributed by atoms with van der Waals surface area (Å²) in [5, 5.41) is 3.58. The second-order valence-electron chi connectivity index (χ2n) is 8.97. The van der Waals surface area contributed by atoms with Crippen LogP contribution in [-0.2, 0) is 6.42 Å². The normalized spacial score (nSPS) is 14.4. The zero-order valence-electron chi connectivity index (χ0n) is 22.0. The van der Waals surface area contributed by atoms with Crippen molar-refractivity contribution in [1.29, 1.82) is 0 Å². The number of hydrogen-bond donors (Lipinski definition) is 1. The monoisotopic (exact) mass is 471 g/mol. The van der Waals surface area contributed by atoms with E-state index in [1.54, 1.807) is 0 Å². The van der Waals surface area contributed by atoms with Gasteiger partial charge in [0.2, 0.25) is 0 Å². The molecule has 0 spiro atoms. The van der Waals surface area contributed by atoms with Crippen LogP contribution in [0.3, 0.4) is 0 Å². The average Bonchev–Trinajstić information content (AvgIpc) is 2.95. The first kappa shape index (κ1) is 25.3. The van der Waals surface area contributed by atoms with Crippen LogP contribution in [-0.4, -0.2) is 0 Å². The molecule has 0 aromatic heterocycles. The van der Waals surface area contributed by atoms with E-state index in [1.807, 2.05) is 13.8 Å². The number of nitrogens with one attached hydrogen (secondary N) is 1. The van der Waals surface area contributed by atoms with Gasteiger partial charge in [0.05, 0.1) is 0 Å². The fraction of sp³-hybridized carbons (Fsp3) is 0.200. The third kappa shape index (κ3) is 5.69. The predicted octanol–water partition coefficient (Wildman–Crippen LogP) is 9.96. The SMILES string of the molecule is CC.CCc1c(-c2ccc(NC3=CCC(c4ccccc4)C=C3)cc2)cccc1-c1ccccc1C. The summed E-state index contributed by atoms with van der Waals surface area (Å²) in [6, 6.07) is 34.9. The van der Waals surface area contributed by atoms with Gasteiger partial charge in [0, 0.05) is 17.3 Å². The summed E-state index contributed by atoms with van der Waals surface area (Å²) in [4.78, 5) is 0. The second-order valence-corrected chi connectivity index (χ2v) is 8.97. The summed E-state index contributed by atoms with van der Waals surface area (Å²) < 4.78 is 0. The van der Waals surface area contributed by atoms with Gasteiger partial charge in [-0.05, 0) is 76.9 Å². The minimum atomic E-state index is 0.460. The molecule has 1 unspecified atom stereocenters. The van der Waals surface area contributed by atoms with Crippen molar-refractivity contribution in [1.82, 2.24) is 0 Å². The Balaban J connectivity index is 0.00000148. The minimum absolute atomic E-state index is 0.460. The molecule has 5 rings (SSSR count). The molecule has 4 aromatic rings. The standard InChI is InChI=1S/C33H31N.C2H6/c1-3-30-32(14-9-15-33(30)31-13-8-7-10-24(31)2)27-18-22-29(23-19-27)34-28-20-16-26(17-21-28)25-11-5-4-6-12-25;1-2/h4-16,18-23,26,34H,3,17H2,1-2H3;1-2H3. The van der Waals surface area contributed by atoms with Crippen molar-refractivity contribution in [3.63, 3.8) is 0 Å². The lowest BCUT2D eigenvalue weighted by Gasteiger charge is -2.18. The Kier molecular flexibility index (Phi) is 8.57. The summed E-state index contributed by atoms with van der Waals surface area (Å²) in [5.74, 6) is 0.460. The van der Waals surface area contributed by atoms with Crippen LogP contribution in [0.5, 0.6) is 0 Å². The first-order chi connectivity index (χ1) is 17.7. The van der Waals surface area contributed by atoms with Crippen LogP contribution in [0.1, 0.15) is 49.8 Å². The Hall–Kier alpha value is -3.84. The third-order valence-corrected chi connectivity index (χ3v) is 6.78. The van der Waals surface area contributed by atoms with Gasteiger partial charge in [0.1, 0.15) is 0 Å². The zero-order valence-corrected chi connectivity index (χ0v) is 22.0. The van der Waals surface area contributed by atoms with Crippen LogP contribution in [0.4, 0.5) is 5.69 Å². The van der Waals surface area contributed by atoms with E-state index in [1.165, 1.54) is 38.9 Å². The third-order valence-electron chi connectivity index (χ3n) is 6.78. The molecule has 1 nitrogen and oxygen atoms in total. The van der Waals surface area contributed by atoms with Gasteiger partial charge in [-0.15, -0.1) is 0 Å². The highest BCUT2D eigenvalue weighted by molar-refractivity contribution is 5.80. The molecule has 0 saturated carbocycles. The molecular weight excluding hydrogens is 434 g/mol. The second kappa shape index (κ2) is 12.2. The van der Waals surface area contributed by atoms with E-state index in [2.05, 4.69) is 134 Å². The van der Waals surface area contributed by atoms with E-state index < -0.39 is 0 Å². The highest BCUT2D eigenvalue weighted by Crippen LogP contribution is 2.35. The lowest BCUT2D eigenvalue weighted by Crippen LogP contribution is -2.04. The molecule has 0 amide bonds. The van der Waals surface area contributed by atoms with Crippen molar-refractivity contribution in [2.45, 2.75) is 46.5 Å². The number of aryl methyl sites for hydroxylation is 1. The smallest absolute Gasteiger partial charge is 0.0384 e. The number of allylic oxidation sites excluding steroid dienone is 3. The van der Waals surface area contributed by atoms with Gasteiger partial charge in [-0.3, -0.25) is 0 Å². The molecule has 0 saturated heterocycles. The molecule has 36 heavy (non-hydrogen) atoms. The van der Waals surface area contributed by atoms with Crippen molar-refractivity contribution in [2.24, 2.45) is 0 Å². The lowest BCUT2D eigenvalue weighted by atomic mass is 9.89. The lowest BCUT2D eigenvalue weighted by molar-refractivity contribution is 0.846. The first-order valence-corrected chi connectivity index (χ1v) is 13.2. The maximum atomic E-state index is 3.58. The van der Waals surface area contributed by atoms with Crippen molar-refractivity contribution in [2.75, 3.05) is 5.32 Å². The van der Waals surface area contributed by atoms with Crippen molar-refractivity contribution in [3.05, 3.63) is 138 Å². The number of benzene rings is 4. The summed E-state index contributed by atoms with van der Waals surface area (Å²) >= 11 is 0. The quantitative estimate of drug-likeness (QED) is 0.295. The average molecular weight is 472 g/mol. The summed E-state index contributed by atoms with van der Waals surface area (Å²) in [6.45, 7) is 8.44. The molecular formula is C35H37N. The summed E-state index contributed by atoms with van der Waals surface area (Å²) in [7, 11) is 0. The summed E-state index contributed by atoms with van der Waals surface area (Å²) in [6.07, 6.45) is 8.82. The Morgan fingerprint density at radius 2 is 1.39 bits per heavy atom. The number of anilines is 1. The molecule has 1 N–H and O–H groups in total. The van der Waals surface area contributed by atoms with Crippen molar-refractivity contribution >= 4 is 5.69 Å². The van der Waals surface area contributed by atoms with Crippen LogP contribution in [0.25, 0.3) is 22.3 Å². The Morgan fingerprint density at radius 3 is 2.06 bits per heavy atom. The number of hydrogen-bond acceptors (Lipinski definition) is 1. The van der Waals surface area contributed by atoms with Gasteiger partial charge in [0.15, 0.2) is 0 Å². The maximum absolute atomic E-state index is 3.58. The van der Waals surface area contributed by atoms with E-state index in [-0.39, 0.29) is 0 Å². The largest absolute Gasteiger partial charge is 0.356 e. The molecule has 182 valence electrons. The fourth-order valence-corrected chi connectivity index (χ4v) is 4.93. The summed E-state index contributed by atoms with van der Waals surface area (Å²) in [5.41, 5.74) is 11.6. The van der Waals surface area contributed by atoms with Crippen molar-refractivity contribution < 1.29 is 0 Å². The Bertz CT molecular complexity index is 1330. The van der Waals surface area contributed by atoms with Gasteiger partial charge in [-0.1, -0.05) is 118 Å². The molecule has 1 aliphatic carbocycles. The fourth-order valence-electron chi connectivity index (χ4n) is 4.93. The maximum Gasteiger partial charge on any atom is 0.0384 e. The molecule has 0 fully saturated rings. The topological polar surface area (TPSA) is 12.0 Å². The van der Waals surface area contributed by atoms with Gasteiger partial charge >= 0.3 is 0 Å². The van der Waals surface area contributed by atoms with Crippen LogP contribution in [0, 0.1) is 6.92 Å². The molecule has 1 aliphatic rings. The zero-order chi connectivity index (χ0) is 25.3. The van der Waals surface area contributed by atoms with Crippen molar-refractivity contribution in [3.8, 4) is 22.3 Å². The molecule has 0 radical (unpaired) electrons. The molecule has 1 atom stereocenters.